The molecular formula is C17H19N5O2. The Labute approximate surface area is 139 Å². The van der Waals surface area contributed by atoms with E-state index in [1.54, 1.807) is 24.3 Å². The number of carbonyl (C=O) groups excluding carboxylic acids is 1. The zero-order chi connectivity index (χ0) is 16.7. The maximum atomic E-state index is 13.1. The summed E-state index contributed by atoms with van der Waals surface area (Å²) in [6.45, 7) is 1.65. The SMILES string of the molecule is COCC1CN(C(=O)c2nn(C)c3ccccc23)Cc2cncn21. The molecule has 0 fully saturated rings. The number of imidazole rings is 1. The van der Waals surface area contributed by atoms with Gasteiger partial charge in [-0.05, 0) is 6.07 Å². The maximum Gasteiger partial charge on any atom is 0.275 e. The average Bonchev–Trinajstić information content (AvgIpc) is 3.20. The van der Waals surface area contributed by atoms with E-state index in [-0.39, 0.29) is 11.9 Å². The molecule has 3 heterocycles. The van der Waals surface area contributed by atoms with E-state index < -0.39 is 0 Å². The summed E-state index contributed by atoms with van der Waals surface area (Å²) >= 11 is 0. The van der Waals surface area contributed by atoms with Crippen LogP contribution in [0.4, 0.5) is 0 Å². The summed E-state index contributed by atoms with van der Waals surface area (Å²) in [6.07, 6.45) is 3.61. The number of hydrogen-bond donors (Lipinski definition) is 0. The van der Waals surface area contributed by atoms with Crippen molar-refractivity contribution in [2.75, 3.05) is 20.3 Å². The molecule has 1 unspecified atom stereocenters. The largest absolute Gasteiger partial charge is 0.382 e. The predicted octanol–water partition coefficient (Wildman–Crippen LogP) is 1.61. The van der Waals surface area contributed by atoms with Crippen LogP contribution in [0.25, 0.3) is 10.9 Å². The first kappa shape index (κ1) is 14.9. The Kier molecular flexibility index (Phi) is 3.57. The van der Waals surface area contributed by atoms with Gasteiger partial charge in [0.25, 0.3) is 5.91 Å². The van der Waals surface area contributed by atoms with Gasteiger partial charge in [0, 0.05) is 32.3 Å². The Hall–Kier alpha value is -2.67. The van der Waals surface area contributed by atoms with E-state index in [9.17, 15) is 4.79 Å². The molecule has 1 atom stereocenters. The molecule has 0 saturated heterocycles. The second kappa shape index (κ2) is 5.76. The van der Waals surface area contributed by atoms with Crippen LogP contribution in [0.15, 0.2) is 36.8 Å². The molecule has 7 heteroatoms. The highest BCUT2D eigenvalue weighted by Crippen LogP contribution is 2.25. The molecule has 3 aromatic rings. The summed E-state index contributed by atoms with van der Waals surface area (Å²) in [4.78, 5) is 19.1. The molecule has 124 valence electrons. The second-order valence-corrected chi connectivity index (χ2v) is 6.08. The lowest BCUT2D eigenvalue weighted by Crippen LogP contribution is -2.42. The molecule has 1 amide bonds. The van der Waals surface area contributed by atoms with Crippen molar-refractivity contribution in [2.24, 2.45) is 7.05 Å². The molecule has 0 aliphatic carbocycles. The number of carbonyl (C=O) groups is 1. The summed E-state index contributed by atoms with van der Waals surface area (Å²) < 4.78 is 9.15. The van der Waals surface area contributed by atoms with Crippen molar-refractivity contribution in [2.45, 2.75) is 12.6 Å². The molecule has 1 aliphatic heterocycles. The van der Waals surface area contributed by atoms with Crippen LogP contribution in [0.3, 0.4) is 0 Å². The Morgan fingerprint density at radius 1 is 1.38 bits per heavy atom. The summed E-state index contributed by atoms with van der Waals surface area (Å²) in [5.74, 6) is -0.0552. The van der Waals surface area contributed by atoms with E-state index >= 15 is 0 Å². The Morgan fingerprint density at radius 2 is 2.21 bits per heavy atom. The predicted molar refractivity (Wildman–Crippen MR) is 88.6 cm³/mol. The number of benzene rings is 1. The van der Waals surface area contributed by atoms with E-state index in [1.807, 2.05) is 36.2 Å². The molecule has 0 saturated carbocycles. The molecule has 1 aliphatic rings. The number of ether oxygens (including phenoxy) is 1. The highest BCUT2D eigenvalue weighted by molar-refractivity contribution is 6.04. The minimum atomic E-state index is -0.0552. The highest BCUT2D eigenvalue weighted by Gasteiger charge is 2.30. The first-order valence-corrected chi connectivity index (χ1v) is 7.89. The Bertz CT molecular complexity index is 897. The van der Waals surface area contributed by atoms with Gasteiger partial charge in [0.05, 0.1) is 36.7 Å². The van der Waals surface area contributed by atoms with Gasteiger partial charge >= 0.3 is 0 Å². The number of fused-ring (bicyclic) bond motifs is 2. The number of aryl methyl sites for hydroxylation is 1. The van der Waals surface area contributed by atoms with Crippen molar-refractivity contribution >= 4 is 16.8 Å². The fourth-order valence-corrected chi connectivity index (χ4v) is 3.39. The quantitative estimate of drug-likeness (QED) is 0.734. The van der Waals surface area contributed by atoms with Crippen molar-refractivity contribution < 1.29 is 9.53 Å². The standard InChI is InChI=1S/C17H19N5O2/c1-20-15-6-4-3-5-14(15)16(19-20)17(23)21-8-12-7-18-11-22(12)13(9-21)10-24-2/h3-7,11,13H,8-10H2,1-2H3. The number of para-hydroxylation sites is 1. The van der Waals surface area contributed by atoms with Crippen LogP contribution in [-0.4, -0.2) is 50.4 Å². The fraction of sp³-hybridized carbons (Fsp3) is 0.353. The van der Waals surface area contributed by atoms with Crippen molar-refractivity contribution in [3.05, 3.63) is 48.2 Å². The average molecular weight is 325 g/mol. The minimum absolute atomic E-state index is 0.0552. The van der Waals surface area contributed by atoms with Gasteiger partial charge in [-0.25, -0.2) is 4.98 Å². The van der Waals surface area contributed by atoms with Gasteiger partial charge in [-0.2, -0.15) is 5.10 Å². The van der Waals surface area contributed by atoms with Crippen molar-refractivity contribution in [3.63, 3.8) is 0 Å². The molecule has 0 bridgehead atoms. The number of aromatic nitrogens is 4. The fourth-order valence-electron chi connectivity index (χ4n) is 3.39. The van der Waals surface area contributed by atoms with Gasteiger partial charge in [-0.1, -0.05) is 18.2 Å². The lowest BCUT2D eigenvalue weighted by Gasteiger charge is -2.33. The first-order chi connectivity index (χ1) is 11.7. The lowest BCUT2D eigenvalue weighted by atomic mass is 10.1. The van der Waals surface area contributed by atoms with Gasteiger partial charge in [0.2, 0.25) is 0 Å². The Morgan fingerprint density at radius 3 is 3.04 bits per heavy atom. The van der Waals surface area contributed by atoms with Gasteiger partial charge in [0.15, 0.2) is 5.69 Å². The Balaban J connectivity index is 1.70. The van der Waals surface area contributed by atoms with Crippen LogP contribution in [0, 0.1) is 0 Å². The molecule has 4 rings (SSSR count). The second-order valence-electron chi connectivity index (χ2n) is 6.08. The third-order valence-electron chi connectivity index (χ3n) is 4.53. The third-order valence-corrected chi connectivity index (χ3v) is 4.53. The van der Waals surface area contributed by atoms with E-state index in [1.165, 1.54) is 0 Å². The highest BCUT2D eigenvalue weighted by atomic mass is 16.5. The smallest absolute Gasteiger partial charge is 0.275 e. The van der Waals surface area contributed by atoms with E-state index in [2.05, 4.69) is 14.6 Å². The van der Waals surface area contributed by atoms with Crippen LogP contribution in [-0.2, 0) is 18.3 Å². The van der Waals surface area contributed by atoms with Crippen LogP contribution in [0.1, 0.15) is 22.2 Å². The van der Waals surface area contributed by atoms with Gasteiger partial charge in [-0.15, -0.1) is 0 Å². The molecular weight excluding hydrogens is 306 g/mol. The first-order valence-electron chi connectivity index (χ1n) is 7.89. The number of methoxy groups -OCH3 is 1. The van der Waals surface area contributed by atoms with Crippen LogP contribution in [0.5, 0.6) is 0 Å². The van der Waals surface area contributed by atoms with E-state index in [0.29, 0.717) is 25.4 Å². The molecule has 0 spiro atoms. The normalized spacial score (nSPS) is 17.2. The maximum absolute atomic E-state index is 13.1. The zero-order valence-electron chi connectivity index (χ0n) is 13.7. The third kappa shape index (κ3) is 2.28. The molecule has 7 nitrogen and oxygen atoms in total. The van der Waals surface area contributed by atoms with Crippen molar-refractivity contribution in [1.82, 2.24) is 24.2 Å². The van der Waals surface area contributed by atoms with E-state index in [0.717, 1.165) is 16.6 Å². The summed E-state index contributed by atoms with van der Waals surface area (Å²) in [7, 11) is 3.53. The van der Waals surface area contributed by atoms with E-state index in [4.69, 9.17) is 4.74 Å². The van der Waals surface area contributed by atoms with Crippen molar-refractivity contribution in [3.8, 4) is 0 Å². The minimum Gasteiger partial charge on any atom is -0.382 e. The van der Waals surface area contributed by atoms with Gasteiger partial charge < -0.3 is 14.2 Å². The molecule has 1 aromatic carbocycles. The van der Waals surface area contributed by atoms with Crippen LogP contribution in [0.2, 0.25) is 0 Å². The van der Waals surface area contributed by atoms with Crippen molar-refractivity contribution in [1.29, 1.82) is 0 Å². The van der Waals surface area contributed by atoms with Gasteiger partial charge in [-0.3, -0.25) is 9.48 Å². The zero-order valence-corrected chi connectivity index (χ0v) is 13.7. The van der Waals surface area contributed by atoms with Gasteiger partial charge in [0.1, 0.15) is 0 Å². The summed E-state index contributed by atoms with van der Waals surface area (Å²) in [5.41, 5.74) is 2.46. The number of nitrogens with zero attached hydrogens (tertiary/aromatic N) is 5. The monoisotopic (exact) mass is 325 g/mol. The molecule has 24 heavy (non-hydrogen) atoms. The number of hydrogen-bond acceptors (Lipinski definition) is 4. The molecule has 0 radical (unpaired) electrons. The van der Waals surface area contributed by atoms with Crippen LogP contribution >= 0.6 is 0 Å². The van der Waals surface area contributed by atoms with Crippen LogP contribution < -0.4 is 0 Å². The summed E-state index contributed by atoms with van der Waals surface area (Å²) in [5, 5.41) is 5.33. The topological polar surface area (TPSA) is 65.2 Å². The lowest BCUT2D eigenvalue weighted by molar-refractivity contribution is 0.0595. The molecule has 0 N–H and O–H groups in total. The molecule has 2 aromatic heterocycles. The number of amides is 1. The summed E-state index contributed by atoms with van der Waals surface area (Å²) in [6, 6.07) is 7.86. The number of rotatable bonds is 3.